The third-order valence-corrected chi connectivity index (χ3v) is 8.03. The van der Waals surface area contributed by atoms with Crippen LogP contribution in [0.5, 0.6) is 5.75 Å². The molecule has 12 heteroatoms. The lowest BCUT2D eigenvalue weighted by atomic mass is 9.99. The van der Waals surface area contributed by atoms with Gasteiger partial charge in [0.05, 0.1) is 30.4 Å². The Kier molecular flexibility index (Phi) is 9.24. The highest BCUT2D eigenvalue weighted by Crippen LogP contribution is 2.31. The molecule has 5 rings (SSSR count). The smallest absolute Gasteiger partial charge is 0.323 e. The summed E-state index contributed by atoms with van der Waals surface area (Å²) in [6.45, 7) is 7.43. The molecule has 0 unspecified atom stereocenters. The van der Waals surface area contributed by atoms with Gasteiger partial charge in [0.25, 0.3) is 5.91 Å². The van der Waals surface area contributed by atoms with E-state index in [0.717, 1.165) is 10.8 Å². The summed E-state index contributed by atoms with van der Waals surface area (Å²) in [5.41, 5.74) is 2.36. The van der Waals surface area contributed by atoms with Crippen molar-refractivity contribution < 1.29 is 28.8 Å². The van der Waals surface area contributed by atoms with E-state index in [0.29, 0.717) is 34.3 Å². The Balaban J connectivity index is 1.37. The van der Waals surface area contributed by atoms with Crippen molar-refractivity contribution in [2.75, 3.05) is 42.7 Å². The zero-order valence-corrected chi connectivity index (χ0v) is 26.0. The average molecular weight is 615 g/mol. The number of aryl methyl sites for hydroxylation is 2. The Labute approximate surface area is 261 Å². The number of aliphatic hydroxyl groups is 1. The number of urea groups is 2. The molecule has 0 spiro atoms. The molecule has 12 nitrogen and oxygen atoms in total. The molecule has 0 fully saturated rings. The van der Waals surface area contributed by atoms with E-state index >= 15 is 0 Å². The van der Waals surface area contributed by atoms with Gasteiger partial charge in [0.1, 0.15) is 23.2 Å². The molecule has 2 heterocycles. The van der Waals surface area contributed by atoms with Crippen molar-refractivity contribution in [3.63, 3.8) is 0 Å². The third-order valence-electron chi connectivity index (χ3n) is 8.03. The number of fused-ring (bicyclic) bond motifs is 2. The zero-order valence-electron chi connectivity index (χ0n) is 26.0. The molecule has 4 N–H and O–H groups in total. The summed E-state index contributed by atoms with van der Waals surface area (Å²) in [6, 6.07) is 16.9. The Morgan fingerprint density at radius 1 is 1.09 bits per heavy atom. The highest BCUT2D eigenvalue weighted by molar-refractivity contribution is 6.07. The van der Waals surface area contributed by atoms with Gasteiger partial charge in [-0.25, -0.2) is 9.59 Å². The van der Waals surface area contributed by atoms with Crippen molar-refractivity contribution in [1.82, 2.24) is 15.0 Å². The fourth-order valence-corrected chi connectivity index (χ4v) is 5.35. The van der Waals surface area contributed by atoms with Crippen LogP contribution in [-0.4, -0.2) is 76.9 Å². The van der Waals surface area contributed by atoms with Gasteiger partial charge in [0, 0.05) is 30.6 Å². The number of carbonyl (C=O) groups is 3. The van der Waals surface area contributed by atoms with Gasteiger partial charge in [-0.1, -0.05) is 48.5 Å². The molecule has 4 aromatic rings. The molecule has 45 heavy (non-hydrogen) atoms. The van der Waals surface area contributed by atoms with E-state index in [2.05, 4.69) is 21.1 Å². The highest BCUT2D eigenvalue weighted by Gasteiger charge is 2.34. The molecule has 236 valence electrons. The van der Waals surface area contributed by atoms with Crippen LogP contribution in [0, 0.1) is 19.8 Å². The quantitative estimate of drug-likeness (QED) is 0.216. The number of aromatic nitrogens is 1. The molecule has 0 saturated carbocycles. The largest absolute Gasteiger partial charge is 0.487 e. The molecule has 3 atom stereocenters. The maximum absolute atomic E-state index is 13.8. The van der Waals surface area contributed by atoms with Gasteiger partial charge < -0.3 is 40.1 Å². The molecule has 1 aliphatic heterocycles. The van der Waals surface area contributed by atoms with Gasteiger partial charge >= 0.3 is 12.1 Å². The second-order valence-corrected chi connectivity index (χ2v) is 11.4. The Bertz CT molecular complexity index is 1700. The van der Waals surface area contributed by atoms with Crippen molar-refractivity contribution in [1.29, 1.82) is 0 Å². The minimum Gasteiger partial charge on any atom is -0.487 e. The lowest BCUT2D eigenvalue weighted by Crippen LogP contribution is -2.50. The molecular weight excluding hydrogens is 576 g/mol. The number of benzene rings is 3. The number of nitrogens with zero attached hydrogens (tertiary/aromatic N) is 3. The number of amides is 5. The molecule has 0 radical (unpaired) electrons. The number of ether oxygens (including phenoxy) is 1. The van der Waals surface area contributed by atoms with Gasteiger partial charge in [-0.2, -0.15) is 0 Å². The number of carbonyl (C=O) groups excluding carboxylic acids is 3. The molecule has 1 aliphatic rings. The summed E-state index contributed by atoms with van der Waals surface area (Å²) in [5.74, 6) is 0.279. The molecule has 0 bridgehead atoms. The molecular formula is C33H38N6O6. The topological polar surface area (TPSA) is 149 Å². The van der Waals surface area contributed by atoms with Crippen LogP contribution in [0.3, 0.4) is 0 Å². The average Bonchev–Trinajstić information content (AvgIpc) is 3.34. The zero-order chi connectivity index (χ0) is 32.2. The number of rotatable bonds is 7. The van der Waals surface area contributed by atoms with Crippen LogP contribution in [0.15, 0.2) is 65.2 Å². The van der Waals surface area contributed by atoms with Gasteiger partial charge in [-0.05, 0) is 50.4 Å². The van der Waals surface area contributed by atoms with E-state index in [9.17, 15) is 19.5 Å². The summed E-state index contributed by atoms with van der Waals surface area (Å²) in [6.07, 6.45) is -0.501. The Morgan fingerprint density at radius 3 is 2.58 bits per heavy atom. The van der Waals surface area contributed by atoms with Crippen LogP contribution >= 0.6 is 0 Å². The number of hydrogen-bond donors (Lipinski definition) is 4. The number of hydrogen-bond acceptors (Lipinski definition) is 7. The van der Waals surface area contributed by atoms with Crippen molar-refractivity contribution in [3.05, 3.63) is 77.7 Å². The number of nitrogens with one attached hydrogen (secondary N) is 3. The molecule has 1 aromatic heterocycles. The van der Waals surface area contributed by atoms with Crippen LogP contribution in [0.4, 0.5) is 26.7 Å². The van der Waals surface area contributed by atoms with E-state index in [-0.39, 0.29) is 43.1 Å². The second-order valence-electron chi connectivity index (χ2n) is 11.4. The molecule has 5 amide bonds. The van der Waals surface area contributed by atoms with Crippen molar-refractivity contribution >= 4 is 45.8 Å². The summed E-state index contributed by atoms with van der Waals surface area (Å²) < 4.78 is 11.5. The predicted molar refractivity (Wildman–Crippen MR) is 172 cm³/mol. The predicted octanol–water partition coefficient (Wildman–Crippen LogP) is 5.47. The van der Waals surface area contributed by atoms with Gasteiger partial charge in [0.2, 0.25) is 0 Å². The normalized spacial score (nSPS) is 17.0. The molecule has 0 aliphatic carbocycles. The first-order chi connectivity index (χ1) is 21.5. The Morgan fingerprint density at radius 2 is 1.84 bits per heavy atom. The summed E-state index contributed by atoms with van der Waals surface area (Å²) in [7, 11) is 1.66. The van der Waals surface area contributed by atoms with Crippen LogP contribution in [-0.2, 0) is 0 Å². The number of aliphatic hydroxyl groups excluding tert-OH is 1. The van der Waals surface area contributed by atoms with Crippen LogP contribution in [0.25, 0.3) is 10.8 Å². The van der Waals surface area contributed by atoms with Crippen LogP contribution < -0.4 is 20.7 Å². The first-order valence-corrected chi connectivity index (χ1v) is 14.8. The minimum absolute atomic E-state index is 0.199. The maximum Gasteiger partial charge on any atom is 0.323 e. The van der Waals surface area contributed by atoms with E-state index in [4.69, 9.17) is 9.26 Å². The monoisotopic (exact) mass is 614 g/mol. The lowest BCUT2D eigenvalue weighted by Gasteiger charge is -2.38. The van der Waals surface area contributed by atoms with Crippen LogP contribution in [0.2, 0.25) is 0 Å². The van der Waals surface area contributed by atoms with Gasteiger partial charge in [-0.3, -0.25) is 4.79 Å². The van der Waals surface area contributed by atoms with Crippen molar-refractivity contribution in [3.8, 4) is 5.75 Å². The van der Waals surface area contributed by atoms with E-state index in [1.54, 1.807) is 50.9 Å². The summed E-state index contributed by atoms with van der Waals surface area (Å²) in [5, 5.41) is 24.3. The van der Waals surface area contributed by atoms with Crippen molar-refractivity contribution in [2.45, 2.75) is 39.8 Å². The molecule has 3 aromatic carbocycles. The number of anilines is 3. The third kappa shape index (κ3) is 6.86. The minimum atomic E-state index is -0.501. The summed E-state index contributed by atoms with van der Waals surface area (Å²) in [4.78, 5) is 43.0. The maximum atomic E-state index is 13.8. The summed E-state index contributed by atoms with van der Waals surface area (Å²) >= 11 is 0. The SMILES string of the molecule is Cc1noc(C)c1NC(=O)N(C)C[C@H]1Oc2ccc(NC(=O)Nc3cccc4ccccc34)cc2C(=O)N([C@@H](C)CO)C[C@H]1C. The van der Waals surface area contributed by atoms with E-state index < -0.39 is 18.2 Å². The van der Waals surface area contributed by atoms with Crippen molar-refractivity contribution in [2.24, 2.45) is 5.92 Å². The first-order valence-electron chi connectivity index (χ1n) is 14.8. The first kappa shape index (κ1) is 31.3. The Hall–Kier alpha value is -5.10. The fraction of sp³-hybridized carbons (Fsp3) is 0.333. The van der Waals surface area contributed by atoms with E-state index in [1.807, 2.05) is 49.4 Å². The number of likely N-dealkylation sites (N-methyl/N-ethyl adjacent to an activating group) is 1. The highest BCUT2D eigenvalue weighted by atomic mass is 16.5. The standard InChI is InChI=1S/C33H38N6O6/c1-19-16-39(20(2)18-40)31(41)26-15-24(34-32(42)35-27-12-8-10-23-9-6-7-11-25(23)27)13-14-28(26)44-29(19)17-38(5)33(43)36-30-21(3)37-45-22(30)4/h6-15,19-20,29,40H,16-18H2,1-5H3,(H,36,43)(H2,34,35,42)/t19-,20+,29-/m1/s1. The van der Waals surface area contributed by atoms with Gasteiger partial charge in [-0.15, -0.1) is 0 Å². The fourth-order valence-electron chi connectivity index (χ4n) is 5.35. The van der Waals surface area contributed by atoms with E-state index in [1.165, 1.54) is 4.90 Å². The molecule has 0 saturated heterocycles. The van der Waals surface area contributed by atoms with Crippen LogP contribution in [0.1, 0.15) is 35.7 Å². The second kappa shape index (κ2) is 13.3. The van der Waals surface area contributed by atoms with Gasteiger partial charge in [0.15, 0.2) is 5.76 Å². The lowest BCUT2D eigenvalue weighted by molar-refractivity contribution is 0.0371.